The van der Waals surface area contributed by atoms with Crippen LogP contribution in [-0.4, -0.2) is 56.0 Å². The van der Waals surface area contributed by atoms with Crippen LogP contribution in [0.25, 0.3) is 0 Å². The highest BCUT2D eigenvalue weighted by atomic mass is 35.5. The predicted octanol–water partition coefficient (Wildman–Crippen LogP) is 0.842. The maximum atomic E-state index is 12.0. The number of ether oxygens (including phenoxy) is 2. The highest BCUT2D eigenvalue weighted by Gasteiger charge is 2.15. The van der Waals surface area contributed by atoms with Gasteiger partial charge in [-0.3, -0.25) is 9.69 Å². The van der Waals surface area contributed by atoms with E-state index < -0.39 is 0 Å². The second-order valence-corrected chi connectivity index (χ2v) is 4.28. The Morgan fingerprint density at radius 2 is 2.15 bits per heavy atom. The second-order valence-electron chi connectivity index (χ2n) is 4.28. The molecular formula is C13H19ClN2O4. The van der Waals surface area contributed by atoms with Crippen LogP contribution in [0.4, 0.5) is 0 Å². The molecule has 1 fully saturated rings. The maximum absolute atomic E-state index is 12.0. The van der Waals surface area contributed by atoms with Crippen molar-refractivity contribution in [3.63, 3.8) is 0 Å². The number of hydrogen-bond acceptors (Lipinski definition) is 5. The summed E-state index contributed by atoms with van der Waals surface area (Å²) >= 11 is 0. The van der Waals surface area contributed by atoms with Crippen molar-refractivity contribution in [2.75, 3.05) is 40.1 Å². The largest absolute Gasteiger partial charge is 0.507 e. The monoisotopic (exact) mass is 302 g/mol. The molecule has 1 amide bonds. The summed E-state index contributed by atoms with van der Waals surface area (Å²) in [6, 6.07) is 4.57. The number of methoxy groups -OCH3 is 1. The Hall–Kier alpha value is -1.50. The Balaban J connectivity index is 0.00000200. The first-order valence-electron chi connectivity index (χ1n) is 6.16. The van der Waals surface area contributed by atoms with E-state index in [1.54, 1.807) is 6.07 Å². The molecule has 0 radical (unpaired) electrons. The molecule has 20 heavy (non-hydrogen) atoms. The van der Waals surface area contributed by atoms with Gasteiger partial charge in [-0.2, -0.15) is 0 Å². The number of nitrogens with one attached hydrogen (secondary N) is 1. The molecule has 2 N–H and O–H groups in total. The Bertz CT molecular complexity index is 450. The molecule has 2 rings (SSSR count). The summed E-state index contributed by atoms with van der Waals surface area (Å²) in [6.07, 6.45) is 0. The fraction of sp³-hybridized carbons (Fsp3) is 0.462. The van der Waals surface area contributed by atoms with Crippen LogP contribution in [0, 0.1) is 0 Å². The zero-order chi connectivity index (χ0) is 13.7. The molecule has 0 aliphatic carbocycles. The lowest BCUT2D eigenvalue weighted by Crippen LogP contribution is -2.43. The molecule has 1 saturated heterocycles. The summed E-state index contributed by atoms with van der Waals surface area (Å²) in [4.78, 5) is 14.1. The summed E-state index contributed by atoms with van der Waals surface area (Å²) < 4.78 is 10.3. The molecule has 7 heteroatoms. The Morgan fingerprint density at radius 1 is 1.45 bits per heavy atom. The van der Waals surface area contributed by atoms with Gasteiger partial charge in [-0.25, -0.2) is 0 Å². The average molecular weight is 303 g/mol. The molecule has 0 unspecified atom stereocenters. The van der Waals surface area contributed by atoms with Gasteiger partial charge in [0, 0.05) is 13.1 Å². The van der Waals surface area contributed by atoms with Crippen molar-refractivity contribution in [1.29, 1.82) is 0 Å². The predicted molar refractivity (Wildman–Crippen MR) is 76.6 cm³/mol. The minimum absolute atomic E-state index is 0. The van der Waals surface area contributed by atoms with Crippen LogP contribution in [0.15, 0.2) is 18.2 Å². The summed E-state index contributed by atoms with van der Waals surface area (Å²) in [7, 11) is 1.52. The Kier molecular flexibility index (Phi) is 6.57. The number of hydrogen-bond donors (Lipinski definition) is 2. The summed E-state index contributed by atoms with van der Waals surface area (Å²) in [5.41, 5.74) is 0.215. The Labute approximate surface area is 124 Å². The van der Waals surface area contributed by atoms with E-state index in [0.29, 0.717) is 25.6 Å². The van der Waals surface area contributed by atoms with Crippen LogP contribution in [-0.2, 0) is 4.74 Å². The summed E-state index contributed by atoms with van der Waals surface area (Å²) in [6.45, 7) is 3.40. The molecule has 0 bridgehead atoms. The number of rotatable bonds is 4. The number of aromatic hydroxyl groups is 1. The van der Waals surface area contributed by atoms with Gasteiger partial charge in [-0.05, 0) is 18.2 Å². The molecule has 0 saturated carbocycles. The molecule has 1 aromatic carbocycles. The van der Waals surface area contributed by atoms with Crippen molar-refractivity contribution in [1.82, 2.24) is 10.2 Å². The van der Waals surface area contributed by atoms with E-state index in [1.807, 2.05) is 0 Å². The van der Waals surface area contributed by atoms with E-state index in [9.17, 15) is 9.90 Å². The zero-order valence-electron chi connectivity index (χ0n) is 11.3. The van der Waals surface area contributed by atoms with Gasteiger partial charge < -0.3 is 19.9 Å². The van der Waals surface area contributed by atoms with Gasteiger partial charge in [-0.1, -0.05) is 0 Å². The van der Waals surface area contributed by atoms with Gasteiger partial charge >= 0.3 is 0 Å². The molecule has 112 valence electrons. The lowest BCUT2D eigenvalue weighted by Gasteiger charge is -2.26. The molecule has 0 spiro atoms. The van der Waals surface area contributed by atoms with Crippen LogP contribution in [0.2, 0.25) is 0 Å². The van der Waals surface area contributed by atoms with Gasteiger partial charge in [0.2, 0.25) is 0 Å². The molecule has 0 atom stereocenters. The number of morpholine rings is 1. The first kappa shape index (κ1) is 16.6. The lowest BCUT2D eigenvalue weighted by atomic mass is 10.2. The van der Waals surface area contributed by atoms with Crippen LogP contribution in [0.1, 0.15) is 10.4 Å². The number of carbonyl (C=O) groups is 1. The van der Waals surface area contributed by atoms with Crippen LogP contribution >= 0.6 is 12.4 Å². The van der Waals surface area contributed by atoms with Gasteiger partial charge in [0.15, 0.2) is 0 Å². The fourth-order valence-corrected chi connectivity index (χ4v) is 1.86. The Morgan fingerprint density at radius 3 is 2.80 bits per heavy atom. The van der Waals surface area contributed by atoms with E-state index in [4.69, 9.17) is 9.47 Å². The zero-order valence-corrected chi connectivity index (χ0v) is 12.1. The number of amides is 1. The number of halogens is 1. The normalized spacial score (nSPS) is 15.2. The van der Waals surface area contributed by atoms with Crippen molar-refractivity contribution in [2.45, 2.75) is 0 Å². The number of nitrogens with zero attached hydrogens (tertiary/aromatic N) is 1. The summed E-state index contributed by atoms with van der Waals surface area (Å²) in [5, 5.41) is 12.5. The van der Waals surface area contributed by atoms with E-state index in [1.165, 1.54) is 19.2 Å². The van der Waals surface area contributed by atoms with Crippen LogP contribution in [0.3, 0.4) is 0 Å². The molecular weight excluding hydrogens is 284 g/mol. The van der Waals surface area contributed by atoms with E-state index in [2.05, 4.69) is 10.2 Å². The molecule has 1 aromatic rings. The highest BCUT2D eigenvalue weighted by Crippen LogP contribution is 2.22. The van der Waals surface area contributed by atoms with Crippen molar-refractivity contribution in [3.8, 4) is 11.5 Å². The van der Waals surface area contributed by atoms with Crippen molar-refractivity contribution >= 4 is 18.3 Å². The third-order valence-electron chi connectivity index (χ3n) is 3.02. The molecule has 6 nitrogen and oxygen atoms in total. The molecule has 0 aromatic heterocycles. The molecule has 1 aliphatic rings. The van der Waals surface area contributed by atoms with Gasteiger partial charge in [0.05, 0.1) is 32.6 Å². The third kappa shape index (κ3) is 4.26. The van der Waals surface area contributed by atoms with Crippen molar-refractivity contribution < 1.29 is 19.4 Å². The van der Waals surface area contributed by atoms with Crippen molar-refractivity contribution in [2.24, 2.45) is 0 Å². The fourth-order valence-electron chi connectivity index (χ4n) is 1.86. The first-order valence-corrected chi connectivity index (χ1v) is 6.16. The van der Waals surface area contributed by atoms with E-state index in [-0.39, 0.29) is 29.6 Å². The number of carbonyl (C=O) groups excluding carboxylic acids is 1. The summed E-state index contributed by atoms with van der Waals surface area (Å²) in [5.74, 6) is 0.164. The maximum Gasteiger partial charge on any atom is 0.256 e. The first-order chi connectivity index (χ1) is 9.20. The van der Waals surface area contributed by atoms with Crippen molar-refractivity contribution in [3.05, 3.63) is 23.8 Å². The molecule has 1 heterocycles. The standard InChI is InChI=1S/C13H18N2O4.ClH/c1-18-10-2-3-12(16)11(8-10)13(17)14-9-15-4-6-19-7-5-15;/h2-3,8,16H,4-7,9H2,1H3,(H,14,17);1H. The number of phenolic OH excluding ortho intramolecular Hbond substituents is 1. The molecule has 1 aliphatic heterocycles. The average Bonchev–Trinajstić information content (AvgIpc) is 2.46. The smallest absolute Gasteiger partial charge is 0.256 e. The highest BCUT2D eigenvalue weighted by molar-refractivity contribution is 5.97. The van der Waals surface area contributed by atoms with Gasteiger partial charge in [0.25, 0.3) is 5.91 Å². The second kappa shape index (κ2) is 7.94. The number of phenols is 1. The topological polar surface area (TPSA) is 71.0 Å². The lowest BCUT2D eigenvalue weighted by molar-refractivity contribution is 0.0334. The van der Waals surface area contributed by atoms with Gasteiger partial charge in [-0.15, -0.1) is 12.4 Å². The minimum atomic E-state index is -0.317. The number of benzene rings is 1. The van der Waals surface area contributed by atoms with E-state index in [0.717, 1.165) is 13.1 Å². The third-order valence-corrected chi connectivity index (χ3v) is 3.02. The SMILES string of the molecule is COc1ccc(O)c(C(=O)NCN2CCOCC2)c1.Cl. The van der Waals surface area contributed by atoms with Crippen LogP contribution < -0.4 is 10.1 Å². The van der Waals surface area contributed by atoms with Gasteiger partial charge in [0.1, 0.15) is 11.5 Å². The quantitative estimate of drug-likeness (QED) is 0.862. The van der Waals surface area contributed by atoms with Crippen LogP contribution in [0.5, 0.6) is 11.5 Å². The minimum Gasteiger partial charge on any atom is -0.507 e. The van der Waals surface area contributed by atoms with E-state index >= 15 is 0 Å².